The molecule has 0 spiro atoms. The minimum absolute atomic E-state index is 0.248. The standard InChI is InChI=1S/C5H9O2S2/c1-4(2)7-5(6)9-8-3/h1-3H3. The maximum Gasteiger partial charge on any atom is 0.378 e. The highest BCUT2D eigenvalue weighted by molar-refractivity contribution is 8.81. The molecule has 4 heteroatoms. The molecule has 0 unspecified atom stereocenters. The van der Waals surface area contributed by atoms with E-state index in [2.05, 4.69) is 0 Å². The molecule has 0 aliphatic heterocycles. The Bertz CT molecular complexity index is 93.0. The Balaban J connectivity index is 3.27. The van der Waals surface area contributed by atoms with Gasteiger partial charge in [0.2, 0.25) is 0 Å². The molecule has 0 N–H and O–H groups in total. The summed E-state index contributed by atoms with van der Waals surface area (Å²) in [4.78, 5) is 10.6. The number of carbonyl (C=O) groups excluding carboxylic acids is 1. The fourth-order valence-electron chi connectivity index (χ4n) is 0.252. The van der Waals surface area contributed by atoms with Crippen LogP contribution in [0.1, 0.15) is 13.8 Å². The molecule has 2 nitrogen and oxygen atoms in total. The largest absolute Gasteiger partial charge is 0.447 e. The number of rotatable bonds is 2. The van der Waals surface area contributed by atoms with Crippen LogP contribution >= 0.6 is 21.6 Å². The van der Waals surface area contributed by atoms with E-state index < -0.39 is 0 Å². The molecule has 0 aliphatic carbocycles. The van der Waals surface area contributed by atoms with E-state index in [1.54, 1.807) is 13.8 Å². The van der Waals surface area contributed by atoms with Gasteiger partial charge in [0.1, 0.15) is 6.10 Å². The molecule has 0 saturated heterocycles. The minimum atomic E-state index is -0.248. The van der Waals surface area contributed by atoms with Crippen molar-refractivity contribution in [3.63, 3.8) is 0 Å². The molecular weight excluding hydrogens is 156 g/mol. The molecule has 0 aromatic carbocycles. The Morgan fingerprint density at radius 3 is 2.33 bits per heavy atom. The summed E-state index contributed by atoms with van der Waals surface area (Å²) in [6.07, 6.45) is 2.51. The molecule has 0 heterocycles. The molecule has 0 fully saturated rings. The summed E-state index contributed by atoms with van der Waals surface area (Å²) < 4.78 is 4.71. The van der Waals surface area contributed by atoms with Gasteiger partial charge in [0, 0.05) is 10.8 Å². The van der Waals surface area contributed by atoms with Crippen molar-refractivity contribution in [3.8, 4) is 0 Å². The fraction of sp³-hybridized carbons (Fsp3) is 0.600. The van der Waals surface area contributed by atoms with E-state index in [0.717, 1.165) is 10.8 Å². The lowest BCUT2D eigenvalue weighted by atomic mass is 10.5. The second-order valence-electron chi connectivity index (χ2n) is 1.51. The van der Waals surface area contributed by atoms with E-state index in [1.807, 2.05) is 6.26 Å². The first-order chi connectivity index (χ1) is 4.16. The zero-order valence-corrected chi connectivity index (χ0v) is 7.27. The number of hydrogen-bond acceptors (Lipinski definition) is 4. The van der Waals surface area contributed by atoms with Gasteiger partial charge in [-0.25, -0.2) is 4.79 Å². The lowest BCUT2D eigenvalue weighted by Crippen LogP contribution is -1.96. The summed E-state index contributed by atoms with van der Waals surface area (Å²) in [5, 5.41) is -0.248. The van der Waals surface area contributed by atoms with Crippen LogP contribution in [0, 0.1) is 6.10 Å². The lowest BCUT2D eigenvalue weighted by Gasteiger charge is -2.02. The van der Waals surface area contributed by atoms with Crippen molar-refractivity contribution in [2.45, 2.75) is 13.8 Å². The van der Waals surface area contributed by atoms with Crippen LogP contribution < -0.4 is 0 Å². The molecule has 0 aliphatic rings. The lowest BCUT2D eigenvalue weighted by molar-refractivity contribution is 0.185. The van der Waals surface area contributed by atoms with E-state index in [-0.39, 0.29) is 5.30 Å². The quantitative estimate of drug-likeness (QED) is 0.464. The van der Waals surface area contributed by atoms with Crippen molar-refractivity contribution in [1.82, 2.24) is 0 Å². The SMILES string of the molecule is CSSC(=O)O[C](C)C. The average Bonchev–Trinajstić information content (AvgIpc) is 1.63. The number of hydrogen-bond donors (Lipinski definition) is 0. The van der Waals surface area contributed by atoms with Crippen LogP contribution in [0.4, 0.5) is 4.79 Å². The van der Waals surface area contributed by atoms with Gasteiger partial charge >= 0.3 is 5.30 Å². The van der Waals surface area contributed by atoms with Gasteiger partial charge in [0.25, 0.3) is 0 Å². The maximum absolute atomic E-state index is 10.6. The Kier molecular flexibility index (Phi) is 5.09. The van der Waals surface area contributed by atoms with E-state index >= 15 is 0 Å². The predicted molar refractivity (Wildman–Crippen MR) is 42.2 cm³/mol. The van der Waals surface area contributed by atoms with Crippen LogP contribution in [0.2, 0.25) is 0 Å². The van der Waals surface area contributed by atoms with Gasteiger partial charge in [-0.1, -0.05) is 10.8 Å². The molecule has 0 bridgehead atoms. The van der Waals surface area contributed by atoms with Crippen molar-refractivity contribution in [1.29, 1.82) is 0 Å². The van der Waals surface area contributed by atoms with Crippen molar-refractivity contribution in [3.05, 3.63) is 6.10 Å². The van der Waals surface area contributed by atoms with E-state index in [4.69, 9.17) is 4.74 Å². The van der Waals surface area contributed by atoms with Gasteiger partial charge in [-0.3, -0.25) is 0 Å². The van der Waals surface area contributed by atoms with Crippen molar-refractivity contribution >= 4 is 26.9 Å². The molecule has 0 aromatic heterocycles. The first kappa shape index (κ1) is 9.17. The summed E-state index contributed by atoms with van der Waals surface area (Å²) >= 11 is 0. The summed E-state index contributed by atoms with van der Waals surface area (Å²) in [5.41, 5.74) is 0. The minimum Gasteiger partial charge on any atom is -0.447 e. The smallest absolute Gasteiger partial charge is 0.378 e. The molecule has 0 atom stereocenters. The molecular formula is C5H9O2S2. The summed E-state index contributed by atoms with van der Waals surface area (Å²) in [6.45, 7) is 3.50. The fourth-order valence-corrected chi connectivity index (χ4v) is 1.10. The molecule has 9 heavy (non-hydrogen) atoms. The van der Waals surface area contributed by atoms with Crippen LogP contribution in [0.5, 0.6) is 0 Å². The van der Waals surface area contributed by atoms with Gasteiger partial charge in [-0.2, -0.15) is 0 Å². The molecule has 0 rings (SSSR count). The number of carbonyl (C=O) groups is 1. The predicted octanol–water partition coefficient (Wildman–Crippen LogP) is 2.71. The zero-order valence-electron chi connectivity index (χ0n) is 5.63. The van der Waals surface area contributed by atoms with E-state index in [1.165, 1.54) is 10.8 Å². The highest BCUT2D eigenvalue weighted by Gasteiger charge is 2.04. The van der Waals surface area contributed by atoms with E-state index in [0.29, 0.717) is 6.10 Å². The highest BCUT2D eigenvalue weighted by atomic mass is 33.1. The third-order valence-electron chi connectivity index (χ3n) is 0.439. The Morgan fingerprint density at radius 1 is 1.44 bits per heavy atom. The third-order valence-corrected chi connectivity index (χ3v) is 1.73. The monoisotopic (exact) mass is 165 g/mol. The van der Waals surface area contributed by atoms with Gasteiger partial charge < -0.3 is 4.74 Å². The molecule has 0 amide bonds. The van der Waals surface area contributed by atoms with Crippen molar-refractivity contribution in [2.75, 3.05) is 6.26 Å². The second kappa shape index (κ2) is 4.99. The van der Waals surface area contributed by atoms with Crippen LogP contribution in [0.25, 0.3) is 0 Å². The van der Waals surface area contributed by atoms with Crippen molar-refractivity contribution < 1.29 is 9.53 Å². The Morgan fingerprint density at radius 2 is 2.00 bits per heavy atom. The number of ether oxygens (including phenoxy) is 1. The first-order valence-corrected chi connectivity index (χ1v) is 4.95. The normalized spacial score (nSPS) is 9.78. The summed E-state index contributed by atoms with van der Waals surface area (Å²) in [6, 6.07) is 0. The Labute approximate surface area is 63.1 Å². The van der Waals surface area contributed by atoms with E-state index in [9.17, 15) is 4.79 Å². The van der Waals surface area contributed by atoms with Gasteiger partial charge in [0.05, 0.1) is 0 Å². The van der Waals surface area contributed by atoms with Crippen LogP contribution in [0.3, 0.4) is 0 Å². The maximum atomic E-state index is 10.6. The first-order valence-electron chi connectivity index (χ1n) is 2.39. The summed E-state index contributed by atoms with van der Waals surface area (Å²) in [7, 11) is 2.47. The molecule has 1 radical (unpaired) electrons. The topological polar surface area (TPSA) is 26.3 Å². The summed E-state index contributed by atoms with van der Waals surface area (Å²) in [5.74, 6) is 0. The van der Waals surface area contributed by atoms with Gasteiger partial charge in [0.15, 0.2) is 0 Å². The zero-order chi connectivity index (χ0) is 7.28. The van der Waals surface area contributed by atoms with Gasteiger partial charge in [-0.15, -0.1) is 0 Å². The van der Waals surface area contributed by atoms with Crippen LogP contribution in [0.15, 0.2) is 0 Å². The molecule has 0 aromatic rings. The third kappa shape index (κ3) is 6.05. The average molecular weight is 165 g/mol. The second-order valence-corrected chi connectivity index (χ2v) is 3.84. The van der Waals surface area contributed by atoms with Crippen LogP contribution in [-0.4, -0.2) is 11.6 Å². The van der Waals surface area contributed by atoms with Crippen molar-refractivity contribution in [2.24, 2.45) is 0 Å². The van der Waals surface area contributed by atoms with Gasteiger partial charge in [-0.05, 0) is 20.1 Å². The molecule has 0 saturated carbocycles. The Hall–Kier alpha value is 0.170. The highest BCUT2D eigenvalue weighted by Crippen LogP contribution is 2.21. The van der Waals surface area contributed by atoms with Crippen LogP contribution in [-0.2, 0) is 4.74 Å². The molecule has 53 valence electrons.